The zero-order valence-electron chi connectivity index (χ0n) is 9.43. The highest BCUT2D eigenvalue weighted by Crippen LogP contribution is 2.16. The summed E-state index contributed by atoms with van der Waals surface area (Å²) in [6.45, 7) is 4.89. The monoisotopic (exact) mass is 226 g/mol. The van der Waals surface area contributed by atoms with E-state index in [1.54, 1.807) is 20.8 Å². The van der Waals surface area contributed by atoms with Crippen molar-refractivity contribution in [3.8, 4) is 0 Å². The zero-order chi connectivity index (χ0) is 12.3. The molecule has 0 aliphatic carbocycles. The van der Waals surface area contributed by atoms with Crippen LogP contribution in [0.15, 0.2) is 16.8 Å². The fourth-order valence-corrected chi connectivity index (χ4v) is 1.21. The normalized spacial score (nSPS) is 11.2. The van der Waals surface area contributed by atoms with Crippen molar-refractivity contribution < 1.29 is 19.2 Å². The molecule has 0 saturated heterocycles. The molecule has 0 aliphatic heterocycles. The van der Waals surface area contributed by atoms with Crippen molar-refractivity contribution in [2.45, 2.75) is 26.3 Å². The third-order valence-corrected chi connectivity index (χ3v) is 2.00. The van der Waals surface area contributed by atoms with Gasteiger partial charge in [-0.15, -0.1) is 0 Å². The van der Waals surface area contributed by atoms with Crippen LogP contribution in [0.3, 0.4) is 0 Å². The van der Waals surface area contributed by atoms with Crippen LogP contribution in [-0.2, 0) is 4.79 Å². The standard InChI is InChI=1S/C10H14N2O4/c1-10(2,3)12(6-8(13)14)9(15)7-4-5-11-16-7/h4-5H,6H2,1-3H3,(H,13,14). The Morgan fingerprint density at radius 2 is 2.12 bits per heavy atom. The van der Waals surface area contributed by atoms with Crippen LogP contribution in [0.1, 0.15) is 31.3 Å². The molecular weight excluding hydrogens is 212 g/mol. The number of nitrogens with zero attached hydrogens (tertiary/aromatic N) is 2. The van der Waals surface area contributed by atoms with Gasteiger partial charge in [0.2, 0.25) is 5.76 Å². The number of amides is 1. The van der Waals surface area contributed by atoms with Gasteiger partial charge >= 0.3 is 5.97 Å². The minimum absolute atomic E-state index is 0.0381. The van der Waals surface area contributed by atoms with E-state index in [1.807, 2.05) is 0 Å². The quantitative estimate of drug-likeness (QED) is 0.831. The molecule has 1 rings (SSSR count). The highest BCUT2D eigenvalue weighted by molar-refractivity contribution is 5.93. The SMILES string of the molecule is CC(C)(C)N(CC(=O)O)C(=O)c1ccno1. The molecule has 6 nitrogen and oxygen atoms in total. The molecule has 16 heavy (non-hydrogen) atoms. The molecule has 0 bridgehead atoms. The van der Waals surface area contributed by atoms with Gasteiger partial charge in [-0.3, -0.25) is 9.59 Å². The molecular formula is C10H14N2O4. The lowest BCUT2D eigenvalue weighted by Crippen LogP contribution is -2.48. The van der Waals surface area contributed by atoms with Crippen molar-refractivity contribution in [2.75, 3.05) is 6.54 Å². The molecule has 0 saturated carbocycles. The third kappa shape index (κ3) is 2.82. The van der Waals surface area contributed by atoms with Gasteiger partial charge in [-0.25, -0.2) is 0 Å². The summed E-state index contributed by atoms with van der Waals surface area (Å²) < 4.78 is 4.72. The summed E-state index contributed by atoms with van der Waals surface area (Å²) in [5.41, 5.74) is -0.595. The fourth-order valence-electron chi connectivity index (χ4n) is 1.21. The van der Waals surface area contributed by atoms with Gasteiger partial charge in [-0.2, -0.15) is 0 Å². The maximum atomic E-state index is 11.9. The average molecular weight is 226 g/mol. The van der Waals surface area contributed by atoms with Crippen molar-refractivity contribution in [3.63, 3.8) is 0 Å². The number of carbonyl (C=O) groups is 2. The number of carboxylic acids is 1. The Labute approximate surface area is 92.8 Å². The highest BCUT2D eigenvalue weighted by atomic mass is 16.5. The van der Waals surface area contributed by atoms with E-state index >= 15 is 0 Å². The van der Waals surface area contributed by atoms with Crippen LogP contribution in [0, 0.1) is 0 Å². The molecule has 1 heterocycles. The topological polar surface area (TPSA) is 83.6 Å². The number of aromatic nitrogens is 1. The van der Waals surface area contributed by atoms with Gasteiger partial charge < -0.3 is 14.5 Å². The Hall–Kier alpha value is -1.85. The lowest BCUT2D eigenvalue weighted by molar-refractivity contribution is -0.138. The number of hydrogen-bond donors (Lipinski definition) is 1. The molecule has 88 valence electrons. The first-order valence-electron chi connectivity index (χ1n) is 4.77. The van der Waals surface area contributed by atoms with Crippen molar-refractivity contribution in [1.29, 1.82) is 0 Å². The summed E-state index contributed by atoms with van der Waals surface area (Å²) in [7, 11) is 0. The average Bonchev–Trinajstić information content (AvgIpc) is 2.63. The van der Waals surface area contributed by atoms with Crippen LogP contribution in [0.5, 0.6) is 0 Å². The molecule has 1 aromatic heterocycles. The van der Waals surface area contributed by atoms with E-state index in [-0.39, 0.29) is 12.3 Å². The first kappa shape index (κ1) is 12.2. The van der Waals surface area contributed by atoms with Crippen LogP contribution < -0.4 is 0 Å². The Kier molecular flexibility index (Phi) is 3.31. The summed E-state index contributed by atoms with van der Waals surface area (Å²) in [5, 5.41) is 12.2. The van der Waals surface area contributed by atoms with Crippen molar-refractivity contribution in [1.82, 2.24) is 10.1 Å². The third-order valence-electron chi connectivity index (χ3n) is 2.00. The molecule has 0 spiro atoms. The Morgan fingerprint density at radius 1 is 1.50 bits per heavy atom. The van der Waals surface area contributed by atoms with E-state index in [0.717, 1.165) is 0 Å². The van der Waals surface area contributed by atoms with Gasteiger partial charge in [-0.05, 0) is 20.8 Å². The number of hydrogen-bond acceptors (Lipinski definition) is 4. The Morgan fingerprint density at radius 3 is 2.50 bits per heavy atom. The predicted octanol–water partition coefficient (Wildman–Crippen LogP) is 1.000. The summed E-state index contributed by atoms with van der Waals surface area (Å²) in [6, 6.07) is 1.41. The number of carboxylic acid groups (broad SMARTS) is 1. The zero-order valence-corrected chi connectivity index (χ0v) is 9.43. The van der Waals surface area contributed by atoms with Crippen LogP contribution in [0.25, 0.3) is 0 Å². The highest BCUT2D eigenvalue weighted by Gasteiger charge is 2.30. The molecule has 0 fully saturated rings. The van der Waals surface area contributed by atoms with Gasteiger partial charge in [0.1, 0.15) is 6.54 Å². The molecule has 0 atom stereocenters. The Balaban J connectivity index is 2.94. The first-order valence-corrected chi connectivity index (χ1v) is 4.77. The first-order chi connectivity index (χ1) is 7.32. The second-order valence-corrected chi connectivity index (χ2v) is 4.33. The lowest BCUT2D eigenvalue weighted by Gasteiger charge is -2.33. The Bertz CT molecular complexity index is 378. The minimum atomic E-state index is -1.07. The molecule has 0 unspecified atom stereocenters. The van der Waals surface area contributed by atoms with Gasteiger partial charge in [0.05, 0.1) is 6.20 Å². The van der Waals surface area contributed by atoms with Gasteiger partial charge in [-0.1, -0.05) is 5.16 Å². The molecule has 1 aromatic rings. The summed E-state index contributed by atoms with van der Waals surface area (Å²) in [5.74, 6) is -1.51. The van der Waals surface area contributed by atoms with E-state index < -0.39 is 17.4 Å². The smallest absolute Gasteiger partial charge is 0.323 e. The van der Waals surface area contributed by atoms with Crippen molar-refractivity contribution >= 4 is 11.9 Å². The second-order valence-electron chi connectivity index (χ2n) is 4.33. The molecule has 6 heteroatoms. The molecule has 0 aliphatic rings. The number of rotatable bonds is 3. The largest absolute Gasteiger partial charge is 0.480 e. The van der Waals surface area contributed by atoms with Gasteiger partial charge in [0, 0.05) is 11.6 Å². The number of carbonyl (C=O) groups excluding carboxylic acids is 1. The summed E-state index contributed by atoms with van der Waals surface area (Å²) in [4.78, 5) is 23.8. The number of aliphatic carboxylic acids is 1. The molecule has 0 aromatic carbocycles. The van der Waals surface area contributed by atoms with E-state index in [0.29, 0.717) is 0 Å². The van der Waals surface area contributed by atoms with Crippen LogP contribution in [0.4, 0.5) is 0 Å². The predicted molar refractivity (Wildman–Crippen MR) is 54.9 cm³/mol. The van der Waals surface area contributed by atoms with Crippen LogP contribution in [0.2, 0.25) is 0 Å². The summed E-state index contributed by atoms with van der Waals surface area (Å²) >= 11 is 0. The van der Waals surface area contributed by atoms with Crippen LogP contribution >= 0.6 is 0 Å². The molecule has 0 radical (unpaired) electrons. The lowest BCUT2D eigenvalue weighted by atomic mass is 10.1. The van der Waals surface area contributed by atoms with Crippen LogP contribution in [-0.4, -0.2) is 39.1 Å². The van der Waals surface area contributed by atoms with E-state index in [4.69, 9.17) is 9.63 Å². The summed E-state index contributed by atoms with van der Waals surface area (Å²) in [6.07, 6.45) is 1.34. The van der Waals surface area contributed by atoms with E-state index in [9.17, 15) is 9.59 Å². The minimum Gasteiger partial charge on any atom is -0.480 e. The van der Waals surface area contributed by atoms with Gasteiger partial charge in [0.25, 0.3) is 5.91 Å². The maximum absolute atomic E-state index is 11.9. The van der Waals surface area contributed by atoms with Crippen molar-refractivity contribution in [3.05, 3.63) is 18.0 Å². The fraction of sp³-hybridized carbons (Fsp3) is 0.500. The van der Waals surface area contributed by atoms with Crippen molar-refractivity contribution in [2.24, 2.45) is 0 Å². The molecule has 1 N–H and O–H groups in total. The molecule has 1 amide bonds. The second kappa shape index (κ2) is 4.34. The maximum Gasteiger partial charge on any atom is 0.323 e. The van der Waals surface area contributed by atoms with Gasteiger partial charge in [0.15, 0.2) is 0 Å². The van der Waals surface area contributed by atoms with E-state index in [2.05, 4.69) is 5.16 Å². The van der Waals surface area contributed by atoms with E-state index in [1.165, 1.54) is 17.2 Å².